The van der Waals surface area contributed by atoms with Crippen molar-refractivity contribution in [1.29, 1.82) is 0 Å². The first-order valence-electron chi connectivity index (χ1n) is 14.9. The first-order chi connectivity index (χ1) is 21.8. The fraction of sp³-hybridized carbons (Fsp3) is 0. The van der Waals surface area contributed by atoms with Crippen molar-refractivity contribution in [2.75, 3.05) is 0 Å². The van der Waals surface area contributed by atoms with E-state index in [1.807, 2.05) is 24.3 Å². The molecule has 0 bridgehead atoms. The molecule has 2 aromatic heterocycles. The molecule has 0 saturated heterocycles. The summed E-state index contributed by atoms with van der Waals surface area (Å²) in [6.45, 7) is 0. The molecule has 0 N–H and O–H groups in total. The van der Waals surface area contributed by atoms with Gasteiger partial charge in [-0.25, -0.2) is 0 Å². The highest BCUT2D eigenvalue weighted by Crippen LogP contribution is 2.42. The van der Waals surface area contributed by atoms with Crippen LogP contribution in [0.25, 0.3) is 88.4 Å². The highest BCUT2D eigenvalue weighted by atomic mass is 16.4. The highest BCUT2D eigenvalue weighted by molar-refractivity contribution is 6.21. The van der Waals surface area contributed by atoms with Crippen molar-refractivity contribution in [3.05, 3.63) is 158 Å². The molecule has 44 heavy (non-hydrogen) atoms. The summed E-state index contributed by atoms with van der Waals surface area (Å²) in [5, 5.41) is 4.35. The molecule has 0 aliphatic rings. The maximum atomic E-state index is 6.48. The van der Waals surface area contributed by atoms with Crippen molar-refractivity contribution in [2.45, 2.75) is 0 Å². The van der Waals surface area contributed by atoms with E-state index in [0.717, 1.165) is 55.0 Å². The second-order valence-corrected chi connectivity index (χ2v) is 11.3. The SMILES string of the molecule is c1ccc(-c2cccc(-c3cccc(-c4cccc(-c5cccc6oc7c(ccc8c9ccccc9oc87)c56)c4)c3)c2)cc1. The largest absolute Gasteiger partial charge is 0.452 e. The molecule has 0 atom stereocenters. The van der Waals surface area contributed by atoms with Gasteiger partial charge in [0, 0.05) is 21.5 Å². The zero-order chi connectivity index (χ0) is 29.0. The third kappa shape index (κ3) is 3.96. The third-order valence-electron chi connectivity index (χ3n) is 8.68. The molecule has 0 fully saturated rings. The minimum atomic E-state index is 0.794. The van der Waals surface area contributed by atoms with Crippen LogP contribution in [-0.2, 0) is 0 Å². The maximum Gasteiger partial charge on any atom is 0.178 e. The van der Waals surface area contributed by atoms with Crippen molar-refractivity contribution >= 4 is 43.9 Å². The smallest absolute Gasteiger partial charge is 0.178 e. The minimum absolute atomic E-state index is 0.794. The molecule has 0 aliphatic heterocycles. The summed E-state index contributed by atoms with van der Waals surface area (Å²) in [5.74, 6) is 0. The minimum Gasteiger partial charge on any atom is -0.452 e. The summed E-state index contributed by atoms with van der Waals surface area (Å²) in [7, 11) is 0. The van der Waals surface area contributed by atoms with Crippen molar-refractivity contribution in [3.8, 4) is 44.5 Å². The molecule has 0 amide bonds. The van der Waals surface area contributed by atoms with Crippen LogP contribution in [0.2, 0.25) is 0 Å². The Kier molecular flexibility index (Phi) is 5.54. The summed E-state index contributed by atoms with van der Waals surface area (Å²) >= 11 is 0. The van der Waals surface area contributed by atoms with E-state index in [1.165, 1.54) is 33.4 Å². The van der Waals surface area contributed by atoms with Crippen molar-refractivity contribution < 1.29 is 8.83 Å². The molecular weight excluding hydrogens is 536 g/mol. The van der Waals surface area contributed by atoms with E-state index in [9.17, 15) is 0 Å². The maximum absolute atomic E-state index is 6.48. The summed E-state index contributed by atoms with van der Waals surface area (Å²) in [6.07, 6.45) is 0. The lowest BCUT2D eigenvalue weighted by Gasteiger charge is -2.10. The number of furan rings is 2. The molecule has 0 saturated carbocycles. The molecule has 9 rings (SSSR count). The zero-order valence-corrected chi connectivity index (χ0v) is 23.8. The van der Waals surface area contributed by atoms with Gasteiger partial charge in [0.15, 0.2) is 11.2 Å². The lowest BCUT2D eigenvalue weighted by atomic mass is 9.93. The number of hydrogen-bond donors (Lipinski definition) is 0. The van der Waals surface area contributed by atoms with E-state index >= 15 is 0 Å². The fourth-order valence-electron chi connectivity index (χ4n) is 6.56. The molecule has 9 aromatic rings. The molecule has 0 radical (unpaired) electrons. The lowest BCUT2D eigenvalue weighted by Crippen LogP contribution is -1.85. The van der Waals surface area contributed by atoms with Crippen LogP contribution in [0.5, 0.6) is 0 Å². The number of benzene rings is 7. The standard InChI is InChI=1S/C42H26O2/c1-2-10-27(11-3-1)28-12-6-13-29(24-28)30-14-7-15-31(25-30)32-16-8-17-33(26-32)34-19-9-21-39-40(34)37-23-22-36-35-18-4-5-20-38(35)43-41(36)42(37)44-39/h1-26H. The molecule has 0 spiro atoms. The highest BCUT2D eigenvalue weighted by Gasteiger charge is 2.18. The van der Waals surface area contributed by atoms with E-state index in [2.05, 4.69) is 133 Å². The van der Waals surface area contributed by atoms with Crippen LogP contribution in [0.3, 0.4) is 0 Å². The van der Waals surface area contributed by atoms with E-state index in [1.54, 1.807) is 0 Å². The summed E-state index contributed by atoms with van der Waals surface area (Å²) in [5.41, 5.74) is 12.8. The average Bonchev–Trinajstić information content (AvgIpc) is 3.68. The van der Waals surface area contributed by atoms with Gasteiger partial charge in [-0.1, -0.05) is 115 Å². The molecule has 206 valence electrons. The van der Waals surface area contributed by atoms with Crippen LogP contribution in [0, 0.1) is 0 Å². The molecule has 0 unspecified atom stereocenters. The van der Waals surface area contributed by atoms with Gasteiger partial charge < -0.3 is 8.83 Å². The van der Waals surface area contributed by atoms with Gasteiger partial charge in [0.05, 0.1) is 0 Å². The van der Waals surface area contributed by atoms with Gasteiger partial charge in [-0.3, -0.25) is 0 Å². The quantitative estimate of drug-likeness (QED) is 0.213. The van der Waals surface area contributed by atoms with Crippen LogP contribution < -0.4 is 0 Å². The van der Waals surface area contributed by atoms with E-state index in [4.69, 9.17) is 8.83 Å². The van der Waals surface area contributed by atoms with Gasteiger partial charge in [0.25, 0.3) is 0 Å². The van der Waals surface area contributed by atoms with E-state index < -0.39 is 0 Å². The van der Waals surface area contributed by atoms with Crippen LogP contribution in [0.15, 0.2) is 167 Å². The number of para-hydroxylation sites is 1. The number of rotatable bonds is 4. The molecule has 0 aliphatic carbocycles. The Morgan fingerprint density at radius 2 is 0.773 bits per heavy atom. The van der Waals surface area contributed by atoms with Crippen molar-refractivity contribution in [1.82, 2.24) is 0 Å². The van der Waals surface area contributed by atoms with Crippen LogP contribution in [0.1, 0.15) is 0 Å². The second-order valence-electron chi connectivity index (χ2n) is 11.3. The van der Waals surface area contributed by atoms with Gasteiger partial charge in [-0.05, 0) is 87.0 Å². The lowest BCUT2D eigenvalue weighted by molar-refractivity contribution is 0.633. The fourth-order valence-corrected chi connectivity index (χ4v) is 6.56. The molecule has 7 aromatic carbocycles. The molecule has 2 nitrogen and oxygen atoms in total. The normalized spacial score (nSPS) is 11.6. The number of hydrogen-bond acceptors (Lipinski definition) is 2. The van der Waals surface area contributed by atoms with Crippen molar-refractivity contribution in [2.24, 2.45) is 0 Å². The van der Waals surface area contributed by atoms with Gasteiger partial charge >= 0.3 is 0 Å². The number of fused-ring (bicyclic) bond motifs is 7. The predicted octanol–water partition coefficient (Wildman–Crippen LogP) is 12.2. The zero-order valence-electron chi connectivity index (χ0n) is 23.8. The Balaban J connectivity index is 1.15. The molecular formula is C42H26O2. The average molecular weight is 563 g/mol. The van der Waals surface area contributed by atoms with Crippen LogP contribution in [-0.4, -0.2) is 0 Å². The summed E-state index contributed by atoms with van der Waals surface area (Å²) < 4.78 is 12.8. The van der Waals surface area contributed by atoms with Crippen LogP contribution >= 0.6 is 0 Å². The summed E-state index contributed by atoms with van der Waals surface area (Å²) in [4.78, 5) is 0. The van der Waals surface area contributed by atoms with Gasteiger partial charge in [-0.2, -0.15) is 0 Å². The first kappa shape index (κ1) is 24.7. The van der Waals surface area contributed by atoms with Crippen LogP contribution in [0.4, 0.5) is 0 Å². The Bertz CT molecular complexity index is 2490. The predicted molar refractivity (Wildman–Crippen MR) is 183 cm³/mol. The van der Waals surface area contributed by atoms with Gasteiger partial charge in [-0.15, -0.1) is 0 Å². The Morgan fingerprint density at radius 1 is 0.295 bits per heavy atom. The molecule has 2 heteroatoms. The van der Waals surface area contributed by atoms with E-state index in [0.29, 0.717) is 0 Å². The van der Waals surface area contributed by atoms with E-state index in [-0.39, 0.29) is 0 Å². The monoisotopic (exact) mass is 562 g/mol. The third-order valence-corrected chi connectivity index (χ3v) is 8.68. The Hall–Kier alpha value is -5.86. The second kappa shape index (κ2) is 9.86. The Labute approximate surface area is 254 Å². The van der Waals surface area contributed by atoms with Gasteiger partial charge in [0.2, 0.25) is 0 Å². The summed E-state index contributed by atoms with van der Waals surface area (Å²) in [6, 6.07) is 55.7. The Morgan fingerprint density at radius 3 is 1.50 bits per heavy atom. The molecule has 2 heterocycles. The topological polar surface area (TPSA) is 26.3 Å². The first-order valence-corrected chi connectivity index (χ1v) is 14.9. The van der Waals surface area contributed by atoms with Crippen molar-refractivity contribution in [3.63, 3.8) is 0 Å². The van der Waals surface area contributed by atoms with Gasteiger partial charge in [0.1, 0.15) is 11.2 Å².